The Labute approximate surface area is 132 Å². The molecule has 0 spiro atoms. The van der Waals surface area contributed by atoms with E-state index < -0.39 is 10.0 Å². The molecule has 5 nitrogen and oxygen atoms in total. The Bertz CT molecular complexity index is 753. The highest BCUT2D eigenvalue weighted by atomic mass is 79.9. The summed E-state index contributed by atoms with van der Waals surface area (Å²) in [5.74, 6) is 5.36. The average molecular weight is 370 g/mol. The van der Waals surface area contributed by atoms with E-state index >= 15 is 0 Å². The predicted molar refractivity (Wildman–Crippen MR) is 88.7 cm³/mol. The number of hydrazine groups is 1. The molecule has 7 heteroatoms. The molecule has 0 saturated heterocycles. The maximum Gasteiger partial charge on any atom is 0.264 e. The molecule has 0 aromatic heterocycles. The molecule has 0 aliphatic carbocycles. The number of hydrogen-bond donors (Lipinski definition) is 3. The Morgan fingerprint density at radius 2 is 1.67 bits per heavy atom. The normalized spacial score (nSPS) is 11.2. The van der Waals surface area contributed by atoms with E-state index in [1.165, 1.54) is 6.07 Å². The summed E-state index contributed by atoms with van der Waals surface area (Å²) >= 11 is 3.46. The van der Waals surface area contributed by atoms with Crippen LogP contribution in [0.5, 0.6) is 0 Å². The van der Waals surface area contributed by atoms with Crippen molar-refractivity contribution in [1.82, 2.24) is 0 Å². The number of nitrogens with two attached hydrogens (primary N) is 1. The Hall–Kier alpha value is -1.57. The third kappa shape index (κ3) is 3.37. The van der Waals surface area contributed by atoms with Crippen LogP contribution in [0.4, 0.5) is 11.4 Å². The zero-order valence-electron chi connectivity index (χ0n) is 11.6. The van der Waals surface area contributed by atoms with Gasteiger partial charge in [0.15, 0.2) is 0 Å². The molecule has 0 fully saturated rings. The molecule has 0 aliphatic heterocycles. The number of nitrogens with one attached hydrogen (secondary N) is 2. The Kier molecular flexibility index (Phi) is 4.55. The van der Waals surface area contributed by atoms with E-state index in [9.17, 15) is 8.42 Å². The summed E-state index contributed by atoms with van der Waals surface area (Å²) in [6.07, 6.45) is 0. The highest BCUT2D eigenvalue weighted by Gasteiger charge is 2.18. The fourth-order valence-corrected chi connectivity index (χ4v) is 3.48. The standard InChI is InChI=1S/C14H16BrN3O2S/c1-9-7-11(8-10(2)14(9)15)18-21(19,20)13-6-4-3-5-12(13)17-16/h3-8,17-18H,16H2,1-2H3. The summed E-state index contributed by atoms with van der Waals surface area (Å²) in [5, 5.41) is 0. The summed E-state index contributed by atoms with van der Waals surface area (Å²) in [6, 6.07) is 10.00. The van der Waals surface area contributed by atoms with Crippen molar-refractivity contribution in [3.8, 4) is 0 Å². The lowest BCUT2D eigenvalue weighted by Gasteiger charge is -2.13. The minimum atomic E-state index is -3.71. The number of anilines is 2. The first-order chi connectivity index (χ1) is 9.85. The van der Waals surface area contributed by atoms with Crippen LogP contribution in [0.3, 0.4) is 0 Å². The van der Waals surface area contributed by atoms with Gasteiger partial charge in [0.2, 0.25) is 0 Å². The van der Waals surface area contributed by atoms with E-state index in [1.807, 2.05) is 13.8 Å². The first kappa shape index (κ1) is 15.8. The Morgan fingerprint density at radius 1 is 1.10 bits per heavy atom. The summed E-state index contributed by atoms with van der Waals surface area (Å²) in [5.41, 5.74) is 5.16. The SMILES string of the molecule is Cc1cc(NS(=O)(=O)c2ccccc2NN)cc(C)c1Br. The van der Waals surface area contributed by atoms with Crippen LogP contribution in [-0.2, 0) is 10.0 Å². The minimum absolute atomic E-state index is 0.103. The quantitative estimate of drug-likeness (QED) is 0.570. The maximum absolute atomic E-state index is 12.5. The molecule has 0 unspecified atom stereocenters. The van der Waals surface area contributed by atoms with Gasteiger partial charge in [0, 0.05) is 10.2 Å². The van der Waals surface area contributed by atoms with Gasteiger partial charge in [0.25, 0.3) is 10.0 Å². The number of halogens is 1. The summed E-state index contributed by atoms with van der Waals surface area (Å²) in [7, 11) is -3.71. The number of hydrogen-bond acceptors (Lipinski definition) is 4. The van der Waals surface area contributed by atoms with Gasteiger partial charge in [0.05, 0.1) is 5.69 Å². The molecule has 2 rings (SSSR count). The van der Waals surface area contributed by atoms with Gasteiger partial charge in [-0.2, -0.15) is 0 Å². The molecule has 0 saturated carbocycles. The van der Waals surface area contributed by atoms with E-state index in [4.69, 9.17) is 5.84 Å². The average Bonchev–Trinajstić information content (AvgIpc) is 2.44. The van der Waals surface area contributed by atoms with Crippen molar-refractivity contribution in [2.45, 2.75) is 18.7 Å². The highest BCUT2D eigenvalue weighted by Crippen LogP contribution is 2.28. The van der Waals surface area contributed by atoms with Gasteiger partial charge >= 0.3 is 0 Å². The molecule has 0 heterocycles. The fourth-order valence-electron chi connectivity index (χ4n) is 2.04. The molecule has 0 aliphatic rings. The van der Waals surface area contributed by atoms with Crippen LogP contribution in [0.2, 0.25) is 0 Å². The lowest BCUT2D eigenvalue weighted by molar-refractivity contribution is 0.601. The number of nitrogen functional groups attached to an aromatic ring is 1. The van der Waals surface area contributed by atoms with E-state index in [0.29, 0.717) is 11.4 Å². The predicted octanol–water partition coefficient (Wildman–Crippen LogP) is 3.15. The minimum Gasteiger partial charge on any atom is -0.323 e. The van der Waals surface area contributed by atoms with Crippen LogP contribution in [0.1, 0.15) is 11.1 Å². The van der Waals surface area contributed by atoms with Crippen molar-refractivity contribution in [1.29, 1.82) is 0 Å². The number of benzene rings is 2. The molecule has 112 valence electrons. The lowest BCUT2D eigenvalue weighted by Crippen LogP contribution is -2.17. The van der Waals surface area contributed by atoms with Crippen LogP contribution in [-0.4, -0.2) is 8.42 Å². The monoisotopic (exact) mass is 369 g/mol. The van der Waals surface area contributed by atoms with Crippen LogP contribution < -0.4 is 16.0 Å². The van der Waals surface area contributed by atoms with Gasteiger partial charge in [-0.3, -0.25) is 10.6 Å². The van der Waals surface area contributed by atoms with Gasteiger partial charge in [-0.15, -0.1) is 0 Å². The topological polar surface area (TPSA) is 84.2 Å². The van der Waals surface area contributed by atoms with Gasteiger partial charge < -0.3 is 5.43 Å². The van der Waals surface area contributed by atoms with Gasteiger partial charge in [-0.25, -0.2) is 8.42 Å². The Morgan fingerprint density at radius 3 is 2.24 bits per heavy atom. The molecule has 4 N–H and O–H groups in total. The van der Waals surface area contributed by atoms with Crippen molar-refractivity contribution in [3.63, 3.8) is 0 Å². The second-order valence-electron chi connectivity index (χ2n) is 4.67. The first-order valence-corrected chi connectivity index (χ1v) is 8.48. The number of sulfonamides is 1. The molecule has 0 bridgehead atoms. The van der Waals surface area contributed by atoms with Crippen LogP contribution in [0.25, 0.3) is 0 Å². The fraction of sp³-hybridized carbons (Fsp3) is 0.143. The summed E-state index contributed by atoms with van der Waals surface area (Å²) in [4.78, 5) is 0.103. The summed E-state index contributed by atoms with van der Waals surface area (Å²) < 4.78 is 28.5. The number of para-hydroxylation sites is 1. The van der Waals surface area contributed by atoms with Crippen molar-refractivity contribution in [2.24, 2.45) is 5.84 Å². The third-order valence-electron chi connectivity index (χ3n) is 3.02. The molecule has 2 aromatic rings. The second-order valence-corrected chi connectivity index (χ2v) is 7.11. The zero-order chi connectivity index (χ0) is 15.6. The van der Waals surface area contributed by atoms with Crippen molar-refractivity contribution >= 4 is 37.3 Å². The molecular formula is C14H16BrN3O2S. The van der Waals surface area contributed by atoms with E-state index in [0.717, 1.165) is 15.6 Å². The molecule has 0 atom stereocenters. The van der Waals surface area contributed by atoms with Crippen molar-refractivity contribution < 1.29 is 8.42 Å². The van der Waals surface area contributed by atoms with Gasteiger partial charge in [0.1, 0.15) is 4.90 Å². The second kappa shape index (κ2) is 6.05. The number of aryl methyl sites for hydroxylation is 2. The molecular weight excluding hydrogens is 354 g/mol. The van der Waals surface area contributed by atoms with Crippen LogP contribution in [0.15, 0.2) is 45.8 Å². The van der Waals surface area contributed by atoms with Crippen LogP contribution in [0, 0.1) is 13.8 Å². The summed E-state index contributed by atoms with van der Waals surface area (Å²) in [6.45, 7) is 3.81. The third-order valence-corrected chi connectivity index (χ3v) is 5.71. The lowest BCUT2D eigenvalue weighted by atomic mass is 10.1. The zero-order valence-corrected chi connectivity index (χ0v) is 14.0. The molecule has 21 heavy (non-hydrogen) atoms. The van der Waals surface area contributed by atoms with Crippen molar-refractivity contribution in [2.75, 3.05) is 10.1 Å². The van der Waals surface area contributed by atoms with Crippen molar-refractivity contribution in [3.05, 3.63) is 52.0 Å². The first-order valence-electron chi connectivity index (χ1n) is 6.20. The molecule has 2 aromatic carbocycles. The van der Waals surface area contributed by atoms with Gasteiger partial charge in [-0.1, -0.05) is 28.1 Å². The molecule has 0 radical (unpaired) electrons. The maximum atomic E-state index is 12.5. The largest absolute Gasteiger partial charge is 0.323 e. The highest BCUT2D eigenvalue weighted by molar-refractivity contribution is 9.10. The van der Waals surface area contributed by atoms with Gasteiger partial charge in [-0.05, 0) is 49.2 Å². The van der Waals surface area contributed by atoms with E-state index in [-0.39, 0.29) is 4.90 Å². The smallest absolute Gasteiger partial charge is 0.264 e. The van der Waals surface area contributed by atoms with Crippen LogP contribution >= 0.6 is 15.9 Å². The molecule has 0 amide bonds. The van der Waals surface area contributed by atoms with E-state index in [1.54, 1.807) is 30.3 Å². The van der Waals surface area contributed by atoms with E-state index in [2.05, 4.69) is 26.1 Å². The Balaban J connectivity index is 2.42. The number of rotatable bonds is 4.